The van der Waals surface area contributed by atoms with Crippen LogP contribution in [-0.2, 0) is 6.54 Å². The number of furan rings is 1. The molecule has 1 aliphatic heterocycles. The maximum atomic E-state index is 12.4. The summed E-state index contributed by atoms with van der Waals surface area (Å²) in [6.07, 6.45) is 1.69. The van der Waals surface area contributed by atoms with Crippen molar-refractivity contribution in [1.29, 1.82) is 0 Å². The maximum Gasteiger partial charge on any atom is 0.253 e. The van der Waals surface area contributed by atoms with Crippen LogP contribution in [0.15, 0.2) is 47.1 Å². The van der Waals surface area contributed by atoms with E-state index in [1.165, 1.54) is 0 Å². The van der Waals surface area contributed by atoms with Gasteiger partial charge in [-0.15, -0.1) is 0 Å². The van der Waals surface area contributed by atoms with Crippen LogP contribution in [0.4, 0.5) is 5.69 Å². The van der Waals surface area contributed by atoms with Crippen molar-refractivity contribution in [2.45, 2.75) is 6.54 Å². The molecule has 2 N–H and O–H groups in total. The SMILES string of the molecule is Nc1ccc(C(=O)N2CCN(Cc3ccco3)CC2)cc1. The van der Waals surface area contributed by atoms with E-state index in [1.807, 2.05) is 17.0 Å². The molecule has 1 aliphatic rings. The normalized spacial score (nSPS) is 16.1. The summed E-state index contributed by atoms with van der Waals surface area (Å²) in [5.74, 6) is 1.04. The summed E-state index contributed by atoms with van der Waals surface area (Å²) >= 11 is 0. The molecule has 2 aromatic rings. The molecule has 1 aromatic heterocycles. The van der Waals surface area contributed by atoms with E-state index >= 15 is 0 Å². The Morgan fingerprint density at radius 1 is 1.10 bits per heavy atom. The number of hydrogen-bond donors (Lipinski definition) is 1. The molecule has 110 valence electrons. The molecule has 21 heavy (non-hydrogen) atoms. The Hall–Kier alpha value is -2.27. The number of nitrogens with zero attached hydrogens (tertiary/aromatic N) is 2. The van der Waals surface area contributed by atoms with Gasteiger partial charge in [0.25, 0.3) is 5.91 Å². The Morgan fingerprint density at radius 2 is 1.81 bits per heavy atom. The summed E-state index contributed by atoms with van der Waals surface area (Å²) in [6.45, 7) is 4.01. The molecule has 1 aromatic carbocycles. The van der Waals surface area contributed by atoms with Crippen LogP contribution in [-0.4, -0.2) is 41.9 Å². The third kappa shape index (κ3) is 3.25. The van der Waals surface area contributed by atoms with Gasteiger partial charge < -0.3 is 15.1 Å². The zero-order valence-corrected chi connectivity index (χ0v) is 11.9. The second-order valence-electron chi connectivity index (χ2n) is 5.27. The zero-order valence-electron chi connectivity index (χ0n) is 11.9. The monoisotopic (exact) mass is 285 g/mol. The first-order valence-corrected chi connectivity index (χ1v) is 7.12. The lowest BCUT2D eigenvalue weighted by Crippen LogP contribution is -2.48. The predicted molar refractivity (Wildman–Crippen MR) is 80.7 cm³/mol. The highest BCUT2D eigenvalue weighted by atomic mass is 16.3. The average molecular weight is 285 g/mol. The number of nitrogens with two attached hydrogens (primary N) is 1. The van der Waals surface area contributed by atoms with Crippen LogP contribution in [0, 0.1) is 0 Å². The smallest absolute Gasteiger partial charge is 0.253 e. The van der Waals surface area contributed by atoms with E-state index < -0.39 is 0 Å². The quantitative estimate of drug-likeness (QED) is 0.874. The Labute approximate surface area is 123 Å². The van der Waals surface area contributed by atoms with Gasteiger partial charge in [-0.1, -0.05) is 0 Å². The molecule has 0 saturated carbocycles. The number of benzene rings is 1. The van der Waals surface area contributed by atoms with Gasteiger partial charge >= 0.3 is 0 Å². The summed E-state index contributed by atoms with van der Waals surface area (Å²) in [7, 11) is 0. The Bertz CT molecular complexity index is 584. The van der Waals surface area contributed by atoms with E-state index in [2.05, 4.69) is 4.90 Å². The number of amides is 1. The lowest BCUT2D eigenvalue weighted by molar-refractivity contribution is 0.0620. The Balaban J connectivity index is 1.55. The summed E-state index contributed by atoms with van der Waals surface area (Å²) in [5, 5.41) is 0. The molecular weight excluding hydrogens is 266 g/mol. The molecule has 0 radical (unpaired) electrons. The average Bonchev–Trinajstić information content (AvgIpc) is 3.01. The fraction of sp³-hybridized carbons (Fsp3) is 0.312. The van der Waals surface area contributed by atoms with Crippen molar-refractivity contribution < 1.29 is 9.21 Å². The molecule has 2 heterocycles. The van der Waals surface area contributed by atoms with Crippen LogP contribution in [0.1, 0.15) is 16.1 Å². The van der Waals surface area contributed by atoms with Crippen LogP contribution in [0.5, 0.6) is 0 Å². The number of nitrogen functional groups attached to an aromatic ring is 1. The first-order chi connectivity index (χ1) is 10.2. The van der Waals surface area contributed by atoms with Crippen molar-refractivity contribution >= 4 is 11.6 Å². The second-order valence-corrected chi connectivity index (χ2v) is 5.27. The predicted octanol–water partition coefficient (Wildman–Crippen LogP) is 1.82. The van der Waals surface area contributed by atoms with Gasteiger partial charge in [0.15, 0.2) is 0 Å². The van der Waals surface area contributed by atoms with E-state index in [0.717, 1.165) is 38.5 Å². The highest BCUT2D eigenvalue weighted by Gasteiger charge is 2.22. The lowest BCUT2D eigenvalue weighted by atomic mass is 10.1. The lowest BCUT2D eigenvalue weighted by Gasteiger charge is -2.34. The molecule has 5 heteroatoms. The third-order valence-corrected chi connectivity index (χ3v) is 3.78. The summed E-state index contributed by atoms with van der Waals surface area (Å²) in [6, 6.07) is 11.0. The summed E-state index contributed by atoms with van der Waals surface area (Å²) in [4.78, 5) is 16.6. The standard InChI is InChI=1S/C16H19N3O2/c17-14-5-3-13(4-6-14)16(20)19-9-7-18(8-10-19)12-15-2-1-11-21-15/h1-6,11H,7-10,12,17H2. The first-order valence-electron chi connectivity index (χ1n) is 7.12. The molecule has 1 saturated heterocycles. The largest absolute Gasteiger partial charge is 0.468 e. The highest BCUT2D eigenvalue weighted by molar-refractivity contribution is 5.94. The Morgan fingerprint density at radius 3 is 2.43 bits per heavy atom. The highest BCUT2D eigenvalue weighted by Crippen LogP contribution is 2.13. The topological polar surface area (TPSA) is 62.7 Å². The minimum atomic E-state index is 0.0765. The number of piperazine rings is 1. The zero-order chi connectivity index (χ0) is 14.7. The van der Waals surface area contributed by atoms with Crippen LogP contribution in [0.3, 0.4) is 0 Å². The molecule has 0 aliphatic carbocycles. The van der Waals surface area contributed by atoms with Crippen LogP contribution in [0.25, 0.3) is 0 Å². The van der Waals surface area contributed by atoms with E-state index in [1.54, 1.807) is 30.5 Å². The molecule has 0 bridgehead atoms. The summed E-state index contributed by atoms with van der Waals surface area (Å²) < 4.78 is 5.36. The third-order valence-electron chi connectivity index (χ3n) is 3.78. The molecule has 0 atom stereocenters. The van der Waals surface area contributed by atoms with Gasteiger partial charge in [0.1, 0.15) is 5.76 Å². The van der Waals surface area contributed by atoms with Crippen LogP contribution in [0.2, 0.25) is 0 Å². The summed E-state index contributed by atoms with van der Waals surface area (Å²) in [5.41, 5.74) is 7.02. The van der Waals surface area contributed by atoms with E-state index in [4.69, 9.17) is 10.2 Å². The molecule has 1 amide bonds. The van der Waals surface area contributed by atoms with Gasteiger partial charge in [0, 0.05) is 37.4 Å². The minimum Gasteiger partial charge on any atom is -0.468 e. The van der Waals surface area contributed by atoms with Gasteiger partial charge in [-0.3, -0.25) is 9.69 Å². The van der Waals surface area contributed by atoms with Gasteiger partial charge in [-0.2, -0.15) is 0 Å². The van der Waals surface area contributed by atoms with E-state index in [-0.39, 0.29) is 5.91 Å². The van der Waals surface area contributed by atoms with Crippen molar-refractivity contribution in [3.8, 4) is 0 Å². The van der Waals surface area contributed by atoms with Crippen molar-refractivity contribution in [1.82, 2.24) is 9.80 Å². The first kappa shape index (κ1) is 13.7. The molecule has 0 unspecified atom stereocenters. The maximum absolute atomic E-state index is 12.4. The van der Waals surface area contributed by atoms with Crippen LogP contribution < -0.4 is 5.73 Å². The van der Waals surface area contributed by atoms with Crippen molar-refractivity contribution in [3.05, 3.63) is 54.0 Å². The fourth-order valence-corrected chi connectivity index (χ4v) is 2.54. The van der Waals surface area contributed by atoms with Gasteiger partial charge in [0.05, 0.1) is 12.8 Å². The Kier molecular flexibility index (Phi) is 3.92. The van der Waals surface area contributed by atoms with Crippen molar-refractivity contribution in [2.24, 2.45) is 0 Å². The molecule has 0 spiro atoms. The van der Waals surface area contributed by atoms with Gasteiger partial charge in [0.2, 0.25) is 0 Å². The van der Waals surface area contributed by atoms with Gasteiger partial charge in [-0.05, 0) is 36.4 Å². The fourth-order valence-electron chi connectivity index (χ4n) is 2.54. The molecular formula is C16H19N3O2. The number of carbonyl (C=O) groups is 1. The molecule has 5 nitrogen and oxygen atoms in total. The molecule has 3 rings (SSSR count). The van der Waals surface area contributed by atoms with Crippen LogP contribution >= 0.6 is 0 Å². The van der Waals surface area contributed by atoms with Crippen molar-refractivity contribution in [3.63, 3.8) is 0 Å². The van der Waals surface area contributed by atoms with E-state index in [9.17, 15) is 4.79 Å². The molecule has 1 fully saturated rings. The van der Waals surface area contributed by atoms with Gasteiger partial charge in [-0.25, -0.2) is 0 Å². The van der Waals surface area contributed by atoms with E-state index in [0.29, 0.717) is 11.3 Å². The number of hydrogen-bond acceptors (Lipinski definition) is 4. The minimum absolute atomic E-state index is 0.0765. The van der Waals surface area contributed by atoms with Crippen molar-refractivity contribution in [2.75, 3.05) is 31.9 Å². The number of carbonyl (C=O) groups excluding carboxylic acids is 1. The number of rotatable bonds is 3. The number of anilines is 1. The second kappa shape index (κ2) is 6.01.